The number of nitrogens with zero attached hydrogens (tertiary/aromatic N) is 1. The molecule has 2 rings (SSSR count). The van der Waals surface area contributed by atoms with E-state index in [9.17, 15) is 9.18 Å². The van der Waals surface area contributed by atoms with Gasteiger partial charge >= 0.3 is 0 Å². The van der Waals surface area contributed by atoms with Crippen molar-refractivity contribution in [1.29, 1.82) is 0 Å². The molecule has 0 bridgehead atoms. The van der Waals surface area contributed by atoms with Gasteiger partial charge in [0, 0.05) is 30.6 Å². The molecule has 0 fully saturated rings. The SMILES string of the molecule is Nc1ccc(=O)n(CCCOc2cc(F)ccc2Br)c1. The van der Waals surface area contributed by atoms with Crippen LogP contribution in [0.25, 0.3) is 0 Å². The lowest BCUT2D eigenvalue weighted by molar-refractivity contribution is 0.298. The van der Waals surface area contributed by atoms with Crippen LogP contribution in [0.3, 0.4) is 0 Å². The average Bonchev–Trinajstić information content (AvgIpc) is 2.42. The molecule has 0 radical (unpaired) electrons. The van der Waals surface area contributed by atoms with Crippen LogP contribution in [0.5, 0.6) is 5.75 Å². The molecule has 2 aromatic rings. The van der Waals surface area contributed by atoms with Gasteiger partial charge in [-0.15, -0.1) is 0 Å². The van der Waals surface area contributed by atoms with Crippen molar-refractivity contribution in [2.45, 2.75) is 13.0 Å². The van der Waals surface area contributed by atoms with E-state index in [1.165, 1.54) is 22.8 Å². The van der Waals surface area contributed by atoms with Crippen LogP contribution >= 0.6 is 15.9 Å². The Kier molecular flexibility index (Phi) is 4.79. The summed E-state index contributed by atoms with van der Waals surface area (Å²) in [4.78, 5) is 11.5. The molecule has 0 atom stereocenters. The van der Waals surface area contributed by atoms with Gasteiger partial charge < -0.3 is 15.0 Å². The molecule has 1 heterocycles. The summed E-state index contributed by atoms with van der Waals surface area (Å²) in [5.74, 6) is 0.0974. The second-order valence-corrected chi connectivity index (χ2v) is 5.13. The number of ether oxygens (including phenoxy) is 1. The summed E-state index contributed by atoms with van der Waals surface area (Å²) < 4.78 is 20.8. The van der Waals surface area contributed by atoms with Gasteiger partial charge in [-0.25, -0.2) is 4.39 Å². The summed E-state index contributed by atoms with van der Waals surface area (Å²) in [5, 5.41) is 0. The molecule has 2 N–H and O–H groups in total. The molecule has 1 aromatic carbocycles. The minimum absolute atomic E-state index is 0.105. The monoisotopic (exact) mass is 340 g/mol. The van der Waals surface area contributed by atoms with E-state index in [0.717, 1.165) is 0 Å². The summed E-state index contributed by atoms with van der Waals surface area (Å²) in [7, 11) is 0. The summed E-state index contributed by atoms with van der Waals surface area (Å²) in [6.45, 7) is 0.875. The lowest BCUT2D eigenvalue weighted by Gasteiger charge is -2.09. The van der Waals surface area contributed by atoms with Crippen molar-refractivity contribution in [3.8, 4) is 5.75 Å². The van der Waals surface area contributed by atoms with Crippen LogP contribution in [0.1, 0.15) is 6.42 Å². The fraction of sp³-hybridized carbons (Fsp3) is 0.214. The molecule has 0 aliphatic heterocycles. The molecule has 0 aliphatic rings. The number of anilines is 1. The molecule has 106 valence electrons. The number of halogens is 2. The van der Waals surface area contributed by atoms with Gasteiger partial charge in [-0.1, -0.05) is 0 Å². The second kappa shape index (κ2) is 6.56. The first kappa shape index (κ1) is 14.6. The summed E-state index contributed by atoms with van der Waals surface area (Å²) in [6, 6.07) is 7.26. The van der Waals surface area contributed by atoms with E-state index < -0.39 is 0 Å². The van der Waals surface area contributed by atoms with Gasteiger partial charge in [-0.2, -0.15) is 0 Å². The van der Waals surface area contributed by atoms with Crippen molar-refractivity contribution in [3.05, 3.63) is 57.2 Å². The molecular weight excluding hydrogens is 327 g/mol. The van der Waals surface area contributed by atoms with E-state index in [2.05, 4.69) is 15.9 Å². The third kappa shape index (κ3) is 3.84. The smallest absolute Gasteiger partial charge is 0.250 e. The highest BCUT2D eigenvalue weighted by atomic mass is 79.9. The Morgan fingerprint density at radius 1 is 1.30 bits per heavy atom. The van der Waals surface area contributed by atoms with Crippen LogP contribution in [-0.2, 0) is 6.54 Å². The zero-order chi connectivity index (χ0) is 14.5. The minimum Gasteiger partial charge on any atom is -0.492 e. The van der Waals surface area contributed by atoms with Gasteiger partial charge in [-0.3, -0.25) is 4.79 Å². The van der Waals surface area contributed by atoms with Crippen molar-refractivity contribution in [1.82, 2.24) is 4.57 Å². The van der Waals surface area contributed by atoms with Crippen LogP contribution < -0.4 is 16.0 Å². The van der Waals surface area contributed by atoms with Crippen LogP contribution in [0, 0.1) is 5.82 Å². The van der Waals surface area contributed by atoms with Gasteiger partial charge in [0.1, 0.15) is 11.6 Å². The highest BCUT2D eigenvalue weighted by Gasteiger charge is 2.03. The summed E-state index contributed by atoms with van der Waals surface area (Å²) >= 11 is 3.29. The van der Waals surface area contributed by atoms with Crippen LogP contribution in [0.15, 0.2) is 45.8 Å². The maximum Gasteiger partial charge on any atom is 0.250 e. The van der Waals surface area contributed by atoms with E-state index >= 15 is 0 Å². The van der Waals surface area contributed by atoms with Crippen molar-refractivity contribution in [3.63, 3.8) is 0 Å². The molecule has 1 aromatic heterocycles. The number of nitrogens with two attached hydrogens (primary N) is 1. The molecule has 20 heavy (non-hydrogen) atoms. The quantitative estimate of drug-likeness (QED) is 0.851. The normalized spacial score (nSPS) is 10.5. The molecule has 0 saturated heterocycles. The molecule has 0 amide bonds. The zero-order valence-corrected chi connectivity index (χ0v) is 12.3. The van der Waals surface area contributed by atoms with Gasteiger partial charge in [0.05, 0.1) is 11.1 Å². The molecule has 0 unspecified atom stereocenters. The summed E-state index contributed by atoms with van der Waals surface area (Å²) in [5.41, 5.74) is 6.06. The molecule has 0 saturated carbocycles. The van der Waals surface area contributed by atoms with E-state index in [1.807, 2.05) is 0 Å². The first-order chi connectivity index (χ1) is 9.56. The van der Waals surface area contributed by atoms with Crippen molar-refractivity contribution < 1.29 is 9.13 Å². The Balaban J connectivity index is 1.89. The molecular formula is C14H14BrFN2O2. The fourth-order valence-electron chi connectivity index (χ4n) is 1.73. The fourth-order valence-corrected chi connectivity index (χ4v) is 2.09. The Hall–Kier alpha value is -1.82. The first-order valence-corrected chi connectivity index (χ1v) is 6.89. The zero-order valence-electron chi connectivity index (χ0n) is 10.7. The average molecular weight is 341 g/mol. The number of hydrogen-bond acceptors (Lipinski definition) is 3. The van der Waals surface area contributed by atoms with Gasteiger partial charge in [0.2, 0.25) is 0 Å². The number of nitrogen functional groups attached to an aromatic ring is 1. The number of aryl methyl sites for hydroxylation is 1. The number of hydrogen-bond donors (Lipinski definition) is 1. The predicted octanol–water partition coefficient (Wildman–Crippen LogP) is 2.80. The van der Waals surface area contributed by atoms with E-state index in [-0.39, 0.29) is 11.4 Å². The Labute approximate surface area is 124 Å². The largest absolute Gasteiger partial charge is 0.492 e. The number of aromatic nitrogens is 1. The summed E-state index contributed by atoms with van der Waals surface area (Å²) in [6.07, 6.45) is 2.22. The van der Waals surface area contributed by atoms with Gasteiger partial charge in [0.25, 0.3) is 5.56 Å². The topological polar surface area (TPSA) is 57.2 Å². The molecule has 0 spiro atoms. The number of pyridine rings is 1. The molecule has 6 heteroatoms. The van der Waals surface area contributed by atoms with Crippen LogP contribution in [0.4, 0.5) is 10.1 Å². The van der Waals surface area contributed by atoms with E-state index in [1.54, 1.807) is 18.3 Å². The molecule has 4 nitrogen and oxygen atoms in total. The van der Waals surface area contributed by atoms with Gasteiger partial charge in [0.15, 0.2) is 0 Å². The highest BCUT2D eigenvalue weighted by molar-refractivity contribution is 9.10. The lowest BCUT2D eigenvalue weighted by Crippen LogP contribution is -2.20. The second-order valence-electron chi connectivity index (χ2n) is 4.27. The Bertz CT molecular complexity index is 658. The first-order valence-electron chi connectivity index (χ1n) is 6.10. The number of rotatable bonds is 5. The third-order valence-electron chi connectivity index (χ3n) is 2.70. The third-order valence-corrected chi connectivity index (χ3v) is 3.36. The van der Waals surface area contributed by atoms with Crippen molar-refractivity contribution in [2.75, 3.05) is 12.3 Å². The predicted molar refractivity (Wildman–Crippen MR) is 79.3 cm³/mol. The van der Waals surface area contributed by atoms with E-state index in [0.29, 0.717) is 35.5 Å². The van der Waals surface area contributed by atoms with Gasteiger partial charge in [-0.05, 0) is 40.5 Å². The highest BCUT2D eigenvalue weighted by Crippen LogP contribution is 2.25. The Morgan fingerprint density at radius 3 is 2.90 bits per heavy atom. The maximum atomic E-state index is 13.1. The van der Waals surface area contributed by atoms with Crippen molar-refractivity contribution in [2.24, 2.45) is 0 Å². The minimum atomic E-state index is -0.352. The molecule has 0 aliphatic carbocycles. The van der Waals surface area contributed by atoms with Crippen LogP contribution in [0.2, 0.25) is 0 Å². The maximum absolute atomic E-state index is 13.1. The van der Waals surface area contributed by atoms with E-state index in [4.69, 9.17) is 10.5 Å². The van der Waals surface area contributed by atoms with Crippen molar-refractivity contribution >= 4 is 21.6 Å². The number of benzene rings is 1. The Morgan fingerprint density at radius 2 is 2.10 bits per heavy atom. The standard InChI is InChI=1S/C14H14BrFN2O2/c15-12-4-2-10(16)8-13(12)20-7-1-6-18-9-11(17)3-5-14(18)19/h2-5,8-9H,1,6-7,17H2. The van der Waals surface area contributed by atoms with Crippen LogP contribution in [-0.4, -0.2) is 11.2 Å². The lowest BCUT2D eigenvalue weighted by atomic mass is 10.3.